The molecule has 1 aromatic carbocycles. The zero-order chi connectivity index (χ0) is 15.6. The lowest BCUT2D eigenvalue weighted by Crippen LogP contribution is -2.49. The maximum absolute atomic E-state index is 10.2. The number of rotatable bonds is 2. The van der Waals surface area contributed by atoms with Crippen LogP contribution >= 0.6 is 0 Å². The number of aromatic hydroxyl groups is 1. The second-order valence-corrected chi connectivity index (χ2v) is 8.12. The van der Waals surface area contributed by atoms with E-state index in [4.69, 9.17) is 0 Å². The van der Waals surface area contributed by atoms with Gasteiger partial charge in [0.1, 0.15) is 11.6 Å². The van der Waals surface area contributed by atoms with E-state index in [1.54, 1.807) is 6.07 Å². The normalized spacial score (nSPS) is 34.9. The first-order valence-corrected chi connectivity index (χ1v) is 8.83. The van der Waals surface area contributed by atoms with Crippen molar-refractivity contribution in [1.29, 1.82) is 0 Å². The van der Waals surface area contributed by atoms with Gasteiger partial charge in [-0.3, -0.25) is 0 Å². The second-order valence-electron chi connectivity index (χ2n) is 8.12. The Labute approximate surface area is 136 Å². The lowest BCUT2D eigenvalue weighted by molar-refractivity contribution is -0.0107. The van der Waals surface area contributed by atoms with Crippen LogP contribution in [-0.2, 0) is 12.5 Å². The molecule has 0 unspecified atom stereocenters. The van der Waals surface area contributed by atoms with Crippen molar-refractivity contribution in [3.8, 4) is 17.1 Å². The number of benzene rings is 1. The van der Waals surface area contributed by atoms with Gasteiger partial charge in [-0.15, -0.1) is 10.2 Å². The minimum Gasteiger partial charge on any atom is -0.507 e. The molecular formula is C19H23N3O. The number of hydrogen-bond acceptors (Lipinski definition) is 3. The van der Waals surface area contributed by atoms with E-state index in [0.29, 0.717) is 0 Å². The van der Waals surface area contributed by atoms with Gasteiger partial charge in [-0.05, 0) is 68.4 Å². The Morgan fingerprint density at radius 3 is 2.22 bits per heavy atom. The third-order valence-electron chi connectivity index (χ3n) is 6.53. The largest absolute Gasteiger partial charge is 0.507 e. The lowest BCUT2D eigenvalue weighted by atomic mass is 9.49. The number of para-hydroxylation sites is 1. The summed E-state index contributed by atoms with van der Waals surface area (Å²) < 4.78 is 2.14. The zero-order valence-electron chi connectivity index (χ0n) is 13.6. The number of phenolic OH excluding ortho intramolecular Hbond substituents is 1. The molecule has 0 saturated heterocycles. The minimum atomic E-state index is 0.235. The number of hydrogen-bond donors (Lipinski definition) is 1. The Balaban J connectivity index is 1.59. The number of phenols is 1. The Morgan fingerprint density at radius 1 is 1.00 bits per heavy atom. The first-order valence-electron chi connectivity index (χ1n) is 8.83. The van der Waals surface area contributed by atoms with Crippen LogP contribution in [0.5, 0.6) is 5.75 Å². The van der Waals surface area contributed by atoms with Crippen molar-refractivity contribution >= 4 is 0 Å². The molecule has 120 valence electrons. The molecular weight excluding hydrogens is 286 g/mol. The monoisotopic (exact) mass is 309 g/mol. The van der Waals surface area contributed by atoms with E-state index >= 15 is 0 Å². The number of nitrogens with zero attached hydrogens (tertiary/aromatic N) is 3. The van der Waals surface area contributed by atoms with Gasteiger partial charge in [-0.25, -0.2) is 0 Å². The zero-order valence-corrected chi connectivity index (χ0v) is 13.6. The van der Waals surface area contributed by atoms with Gasteiger partial charge in [0.05, 0.1) is 5.56 Å². The van der Waals surface area contributed by atoms with E-state index in [-0.39, 0.29) is 11.2 Å². The summed E-state index contributed by atoms with van der Waals surface area (Å²) in [7, 11) is 2.07. The van der Waals surface area contributed by atoms with E-state index in [1.165, 1.54) is 38.5 Å². The molecule has 4 nitrogen and oxygen atoms in total. The van der Waals surface area contributed by atoms with Gasteiger partial charge >= 0.3 is 0 Å². The molecule has 0 aliphatic heterocycles. The maximum Gasteiger partial charge on any atom is 0.167 e. The molecule has 4 aliphatic carbocycles. The van der Waals surface area contributed by atoms with E-state index in [2.05, 4.69) is 21.8 Å². The van der Waals surface area contributed by atoms with E-state index in [0.717, 1.165) is 35.0 Å². The summed E-state index contributed by atoms with van der Waals surface area (Å²) in [5, 5.41) is 19.2. The highest BCUT2D eigenvalue weighted by Gasteiger charge is 2.53. The van der Waals surface area contributed by atoms with Crippen molar-refractivity contribution in [2.75, 3.05) is 0 Å². The third kappa shape index (κ3) is 1.90. The molecule has 4 bridgehead atoms. The predicted octanol–water partition coefficient (Wildman–Crippen LogP) is 3.66. The van der Waals surface area contributed by atoms with Gasteiger partial charge in [0.25, 0.3) is 0 Å². The predicted molar refractivity (Wildman–Crippen MR) is 88.0 cm³/mol. The van der Waals surface area contributed by atoms with Gasteiger partial charge in [-0.2, -0.15) is 0 Å². The van der Waals surface area contributed by atoms with E-state index in [1.807, 2.05) is 18.2 Å². The van der Waals surface area contributed by atoms with Crippen molar-refractivity contribution in [2.24, 2.45) is 24.8 Å². The first-order chi connectivity index (χ1) is 11.1. The molecule has 0 amide bonds. The van der Waals surface area contributed by atoms with Crippen LogP contribution in [0.25, 0.3) is 11.4 Å². The Bertz CT molecular complexity index is 728. The van der Waals surface area contributed by atoms with Crippen LogP contribution in [0.15, 0.2) is 24.3 Å². The number of aromatic nitrogens is 3. The van der Waals surface area contributed by atoms with Crippen molar-refractivity contribution in [1.82, 2.24) is 14.8 Å². The molecule has 1 heterocycles. The van der Waals surface area contributed by atoms with E-state index < -0.39 is 0 Å². The van der Waals surface area contributed by atoms with Gasteiger partial charge in [-0.1, -0.05) is 12.1 Å². The molecule has 4 saturated carbocycles. The molecule has 6 rings (SSSR count). The molecule has 4 fully saturated rings. The van der Waals surface area contributed by atoms with Gasteiger partial charge < -0.3 is 9.67 Å². The molecule has 0 atom stereocenters. The lowest BCUT2D eigenvalue weighted by Gasteiger charge is -2.56. The second kappa shape index (κ2) is 4.59. The highest BCUT2D eigenvalue weighted by atomic mass is 16.3. The van der Waals surface area contributed by atoms with Crippen molar-refractivity contribution in [3.63, 3.8) is 0 Å². The van der Waals surface area contributed by atoms with Crippen LogP contribution in [0.4, 0.5) is 0 Å². The summed E-state index contributed by atoms with van der Waals surface area (Å²) in [6.07, 6.45) is 8.15. The van der Waals surface area contributed by atoms with Gasteiger partial charge in [0, 0.05) is 12.5 Å². The van der Waals surface area contributed by atoms with Crippen LogP contribution in [0.1, 0.15) is 44.3 Å². The molecule has 1 aromatic heterocycles. The van der Waals surface area contributed by atoms with Gasteiger partial charge in [0.2, 0.25) is 0 Å². The Hall–Kier alpha value is -1.84. The summed E-state index contributed by atoms with van der Waals surface area (Å²) in [6, 6.07) is 7.42. The van der Waals surface area contributed by atoms with Crippen molar-refractivity contribution in [2.45, 2.75) is 43.9 Å². The smallest absolute Gasteiger partial charge is 0.167 e. The van der Waals surface area contributed by atoms with Crippen LogP contribution < -0.4 is 0 Å². The molecule has 0 radical (unpaired) electrons. The quantitative estimate of drug-likeness (QED) is 0.921. The fraction of sp³-hybridized carbons (Fsp3) is 0.579. The summed E-state index contributed by atoms with van der Waals surface area (Å²) in [5.41, 5.74) is 1.01. The average molecular weight is 309 g/mol. The van der Waals surface area contributed by atoms with Crippen LogP contribution in [0.2, 0.25) is 0 Å². The molecule has 0 spiro atoms. The average Bonchev–Trinajstić information content (AvgIpc) is 2.89. The topological polar surface area (TPSA) is 50.9 Å². The first kappa shape index (κ1) is 13.6. The summed E-state index contributed by atoms with van der Waals surface area (Å²) in [5.74, 6) is 4.90. The van der Waals surface area contributed by atoms with Crippen LogP contribution in [-0.4, -0.2) is 19.9 Å². The summed E-state index contributed by atoms with van der Waals surface area (Å²) in [6.45, 7) is 0. The van der Waals surface area contributed by atoms with Crippen LogP contribution in [0.3, 0.4) is 0 Å². The highest BCUT2D eigenvalue weighted by molar-refractivity contribution is 5.63. The molecule has 1 N–H and O–H groups in total. The highest BCUT2D eigenvalue weighted by Crippen LogP contribution is 2.60. The summed E-state index contributed by atoms with van der Waals surface area (Å²) in [4.78, 5) is 0. The SMILES string of the molecule is Cn1c(-c2ccccc2O)nnc1C12CC3CC(CC(C3)C1)C2. The fourth-order valence-electron chi connectivity index (χ4n) is 6.07. The molecule has 23 heavy (non-hydrogen) atoms. The standard InChI is InChI=1S/C19H23N3O/c1-22-17(15-4-2-3-5-16(15)23)20-21-18(22)19-9-12-6-13(10-19)8-14(7-12)11-19/h2-5,12-14,23H,6-11H2,1H3. The van der Waals surface area contributed by atoms with Crippen LogP contribution in [0, 0.1) is 17.8 Å². The fourth-order valence-corrected chi connectivity index (χ4v) is 6.07. The molecule has 4 aliphatic rings. The Kier molecular flexibility index (Phi) is 2.71. The van der Waals surface area contributed by atoms with Crippen molar-refractivity contribution < 1.29 is 5.11 Å². The molecule has 2 aromatic rings. The molecule has 4 heteroatoms. The van der Waals surface area contributed by atoms with Crippen molar-refractivity contribution in [3.05, 3.63) is 30.1 Å². The third-order valence-corrected chi connectivity index (χ3v) is 6.53. The maximum atomic E-state index is 10.2. The van der Waals surface area contributed by atoms with Gasteiger partial charge in [0.15, 0.2) is 5.82 Å². The minimum absolute atomic E-state index is 0.235. The van der Waals surface area contributed by atoms with E-state index in [9.17, 15) is 5.11 Å². The summed E-state index contributed by atoms with van der Waals surface area (Å²) >= 11 is 0. The Morgan fingerprint density at radius 2 is 1.61 bits per heavy atom.